The van der Waals surface area contributed by atoms with Gasteiger partial charge in [0.2, 0.25) is 7.75 Å². The van der Waals surface area contributed by atoms with Crippen molar-refractivity contribution in [3.05, 3.63) is 32.6 Å². The minimum Gasteiger partial charge on any atom is -0.766 e. The standard InChI is InChI=1S/C15H24N3O7P/c1-10-8-18(15(21)16-14(10)20)12-6-11(13(19)7-12)9-25-26(22,23)17-2-4-24-5-3-17/h8,11-13,19H,2-7,9H2,1H3,(H,22,23)(H,16,20,21)/p-1/t11-,12-,13-/m1/s1. The molecule has 0 amide bonds. The summed E-state index contributed by atoms with van der Waals surface area (Å²) in [5, 5.41) is 10.2. The van der Waals surface area contributed by atoms with Crippen molar-refractivity contribution in [2.24, 2.45) is 5.92 Å². The first-order chi connectivity index (χ1) is 12.3. The average Bonchev–Trinajstić information content (AvgIpc) is 2.98. The van der Waals surface area contributed by atoms with Crippen LogP contribution in [0.1, 0.15) is 24.4 Å². The van der Waals surface area contributed by atoms with Crippen molar-refractivity contribution >= 4 is 7.75 Å². The number of hydrogen-bond donors (Lipinski definition) is 2. The van der Waals surface area contributed by atoms with Crippen LogP contribution in [0.4, 0.5) is 0 Å². The third-order valence-electron chi connectivity index (χ3n) is 4.96. The Kier molecular flexibility index (Phi) is 5.81. The first-order valence-electron chi connectivity index (χ1n) is 8.57. The van der Waals surface area contributed by atoms with E-state index < -0.39 is 31.0 Å². The Morgan fingerprint density at radius 1 is 1.38 bits per heavy atom. The van der Waals surface area contributed by atoms with E-state index in [4.69, 9.17) is 9.26 Å². The predicted molar refractivity (Wildman–Crippen MR) is 89.8 cm³/mol. The number of nitrogens with one attached hydrogen (secondary N) is 1. The van der Waals surface area contributed by atoms with Crippen LogP contribution >= 0.6 is 7.75 Å². The molecule has 3 rings (SSSR count). The Hall–Kier alpha value is -1.29. The molecule has 1 aromatic rings. The van der Waals surface area contributed by atoms with Gasteiger partial charge in [-0.2, -0.15) is 0 Å². The third-order valence-corrected chi connectivity index (χ3v) is 6.53. The molecule has 1 aromatic heterocycles. The van der Waals surface area contributed by atoms with Crippen molar-refractivity contribution in [3.8, 4) is 0 Å². The minimum absolute atomic E-state index is 0.146. The number of aliphatic hydroxyl groups excluding tert-OH is 1. The van der Waals surface area contributed by atoms with Crippen LogP contribution in [0.2, 0.25) is 0 Å². The van der Waals surface area contributed by atoms with Crippen molar-refractivity contribution in [1.82, 2.24) is 14.2 Å². The second-order valence-corrected chi connectivity index (χ2v) is 8.52. The summed E-state index contributed by atoms with van der Waals surface area (Å²) in [5.41, 5.74) is -0.583. The van der Waals surface area contributed by atoms with Crippen LogP contribution in [0.15, 0.2) is 15.8 Å². The summed E-state index contributed by atoms with van der Waals surface area (Å²) in [6, 6.07) is -0.323. The summed E-state index contributed by atoms with van der Waals surface area (Å²) in [6.07, 6.45) is 1.35. The number of rotatable bonds is 5. The lowest BCUT2D eigenvalue weighted by Crippen LogP contribution is -2.38. The largest absolute Gasteiger partial charge is 0.766 e. The smallest absolute Gasteiger partial charge is 0.328 e. The molecule has 1 saturated heterocycles. The van der Waals surface area contributed by atoms with Gasteiger partial charge in [0.25, 0.3) is 5.56 Å². The maximum Gasteiger partial charge on any atom is 0.328 e. The molecule has 4 atom stereocenters. The Bertz CT molecular complexity index is 801. The van der Waals surface area contributed by atoms with Gasteiger partial charge in [0, 0.05) is 36.8 Å². The molecule has 2 aliphatic rings. The zero-order chi connectivity index (χ0) is 18.9. The van der Waals surface area contributed by atoms with Crippen LogP contribution < -0.4 is 16.1 Å². The van der Waals surface area contributed by atoms with Gasteiger partial charge < -0.3 is 19.3 Å². The van der Waals surface area contributed by atoms with Gasteiger partial charge in [-0.15, -0.1) is 0 Å². The molecule has 0 spiro atoms. The number of aryl methyl sites for hydroxylation is 1. The van der Waals surface area contributed by atoms with Crippen LogP contribution in [0.25, 0.3) is 0 Å². The maximum absolute atomic E-state index is 12.2. The van der Waals surface area contributed by atoms with E-state index in [1.54, 1.807) is 6.92 Å². The van der Waals surface area contributed by atoms with Crippen molar-refractivity contribution < 1.29 is 23.8 Å². The number of aliphatic hydroxyl groups is 1. The highest BCUT2D eigenvalue weighted by Gasteiger charge is 2.36. The number of ether oxygens (including phenoxy) is 1. The Morgan fingerprint density at radius 2 is 2.08 bits per heavy atom. The minimum atomic E-state index is -4.19. The van der Waals surface area contributed by atoms with Crippen LogP contribution in [-0.2, 0) is 13.8 Å². The number of aromatic amines is 1. The summed E-state index contributed by atoms with van der Waals surface area (Å²) in [7, 11) is -4.19. The van der Waals surface area contributed by atoms with Gasteiger partial charge in [0.15, 0.2) is 0 Å². The molecule has 2 heterocycles. The molecule has 0 aromatic carbocycles. The monoisotopic (exact) mass is 388 g/mol. The summed E-state index contributed by atoms with van der Waals surface area (Å²) in [6.45, 7) is 2.62. The van der Waals surface area contributed by atoms with Gasteiger partial charge >= 0.3 is 5.69 Å². The van der Waals surface area contributed by atoms with Crippen molar-refractivity contribution in [2.75, 3.05) is 32.9 Å². The second kappa shape index (κ2) is 7.75. The lowest BCUT2D eigenvalue weighted by molar-refractivity contribution is -0.217. The third kappa shape index (κ3) is 4.16. The molecular weight excluding hydrogens is 365 g/mol. The Morgan fingerprint density at radius 3 is 2.77 bits per heavy atom. The molecule has 0 radical (unpaired) electrons. The number of hydrogen-bond acceptors (Lipinski definition) is 7. The van der Waals surface area contributed by atoms with Crippen LogP contribution in [0, 0.1) is 12.8 Å². The van der Waals surface area contributed by atoms with Gasteiger partial charge in [-0.1, -0.05) is 0 Å². The van der Waals surface area contributed by atoms with E-state index in [1.807, 2.05) is 0 Å². The Labute approximate surface area is 150 Å². The molecule has 1 saturated carbocycles. The predicted octanol–water partition coefficient (Wildman–Crippen LogP) is -1.03. The van der Waals surface area contributed by atoms with E-state index in [2.05, 4.69) is 4.98 Å². The van der Waals surface area contributed by atoms with E-state index in [-0.39, 0.29) is 25.7 Å². The highest BCUT2D eigenvalue weighted by Crippen LogP contribution is 2.44. The second-order valence-electron chi connectivity index (χ2n) is 6.76. The summed E-state index contributed by atoms with van der Waals surface area (Å²) in [4.78, 5) is 38.0. The van der Waals surface area contributed by atoms with E-state index in [0.717, 1.165) is 0 Å². The summed E-state index contributed by atoms with van der Waals surface area (Å²) in [5.74, 6) is -0.414. The molecule has 2 N–H and O–H groups in total. The number of nitrogens with zero attached hydrogens (tertiary/aromatic N) is 2. The summed E-state index contributed by atoms with van der Waals surface area (Å²) < 4.78 is 25.1. The normalized spacial score (nSPS) is 29.6. The molecular formula is C15H23N3O7P-. The summed E-state index contributed by atoms with van der Waals surface area (Å²) >= 11 is 0. The molecule has 146 valence electrons. The highest BCUT2D eigenvalue weighted by molar-refractivity contribution is 7.48. The van der Waals surface area contributed by atoms with E-state index in [0.29, 0.717) is 31.6 Å². The number of morpholine rings is 1. The van der Waals surface area contributed by atoms with Gasteiger partial charge in [0.05, 0.1) is 25.9 Å². The average molecular weight is 388 g/mol. The SMILES string of the molecule is Cc1cn([C@@H]2C[C@H](COP(=O)([O-])N3CCOCC3)[C@H](O)C2)c(=O)[nH]c1=O. The van der Waals surface area contributed by atoms with E-state index >= 15 is 0 Å². The van der Waals surface area contributed by atoms with Gasteiger partial charge in [-0.05, 0) is 19.8 Å². The number of H-pyrrole nitrogens is 1. The molecule has 2 fully saturated rings. The van der Waals surface area contributed by atoms with Crippen molar-refractivity contribution in [3.63, 3.8) is 0 Å². The van der Waals surface area contributed by atoms with Gasteiger partial charge in [0.1, 0.15) is 0 Å². The molecule has 1 aliphatic carbocycles. The van der Waals surface area contributed by atoms with Crippen LogP contribution in [-0.4, -0.2) is 58.3 Å². The lowest BCUT2D eigenvalue weighted by atomic mass is 10.1. The Balaban J connectivity index is 1.64. The van der Waals surface area contributed by atoms with Crippen LogP contribution in [0.3, 0.4) is 0 Å². The topological polar surface area (TPSA) is 137 Å². The zero-order valence-electron chi connectivity index (χ0n) is 14.5. The first-order valence-corrected chi connectivity index (χ1v) is 10.1. The zero-order valence-corrected chi connectivity index (χ0v) is 15.4. The van der Waals surface area contributed by atoms with E-state index in [9.17, 15) is 24.2 Å². The lowest BCUT2D eigenvalue weighted by Gasteiger charge is -2.38. The van der Waals surface area contributed by atoms with E-state index in [1.165, 1.54) is 15.4 Å². The molecule has 1 unspecified atom stereocenters. The first kappa shape index (κ1) is 19.5. The molecule has 11 heteroatoms. The fourth-order valence-corrected chi connectivity index (χ4v) is 4.60. The van der Waals surface area contributed by atoms with Crippen molar-refractivity contribution in [1.29, 1.82) is 0 Å². The van der Waals surface area contributed by atoms with Crippen molar-refractivity contribution in [2.45, 2.75) is 31.9 Å². The van der Waals surface area contributed by atoms with Crippen LogP contribution in [0.5, 0.6) is 0 Å². The van der Waals surface area contributed by atoms with Gasteiger partial charge in [-0.3, -0.25) is 18.9 Å². The molecule has 1 aliphatic heterocycles. The fourth-order valence-electron chi connectivity index (χ4n) is 3.41. The highest BCUT2D eigenvalue weighted by atomic mass is 31.2. The van der Waals surface area contributed by atoms with Gasteiger partial charge in [-0.25, -0.2) is 9.46 Å². The maximum atomic E-state index is 12.2. The molecule has 10 nitrogen and oxygen atoms in total. The number of aromatic nitrogens is 2. The molecule has 0 bridgehead atoms. The molecule has 26 heavy (non-hydrogen) atoms. The fraction of sp³-hybridized carbons (Fsp3) is 0.733. The quantitative estimate of drug-likeness (QED) is 0.611.